The van der Waals surface area contributed by atoms with Crippen LogP contribution in [0.2, 0.25) is 0 Å². The van der Waals surface area contributed by atoms with Crippen LogP contribution < -0.4 is 5.32 Å². The van der Waals surface area contributed by atoms with Gasteiger partial charge in [0.15, 0.2) is 0 Å². The van der Waals surface area contributed by atoms with Gasteiger partial charge in [-0.15, -0.1) is 0 Å². The minimum Gasteiger partial charge on any atom is -0.468 e. The van der Waals surface area contributed by atoms with Crippen molar-refractivity contribution in [2.24, 2.45) is 0 Å². The lowest BCUT2D eigenvalue weighted by atomic mass is 10.0. The second-order valence-corrected chi connectivity index (χ2v) is 5.06. The second-order valence-electron chi connectivity index (χ2n) is 5.06. The lowest BCUT2D eigenvalue weighted by Crippen LogP contribution is -2.46. The minimum atomic E-state index is 0.308. The predicted molar refractivity (Wildman–Crippen MR) is 75.9 cm³/mol. The molecule has 0 radical (unpaired) electrons. The fraction of sp³-hybridized carbons (Fsp3) is 0.375. The monoisotopic (exact) mass is 256 g/mol. The summed E-state index contributed by atoms with van der Waals surface area (Å²) < 4.78 is 5.57. The van der Waals surface area contributed by atoms with Crippen LogP contribution in [-0.4, -0.2) is 24.5 Å². The molecule has 3 rings (SSSR count). The summed E-state index contributed by atoms with van der Waals surface area (Å²) in [5.41, 5.74) is 1.37. The predicted octanol–water partition coefficient (Wildman–Crippen LogP) is 2.99. The summed E-state index contributed by atoms with van der Waals surface area (Å²) in [4.78, 5) is 2.52. The molecule has 2 heterocycles. The molecule has 2 atom stereocenters. The van der Waals surface area contributed by atoms with Gasteiger partial charge in [-0.05, 0) is 24.6 Å². The molecule has 0 bridgehead atoms. The maximum Gasteiger partial charge on any atom is 0.120 e. The van der Waals surface area contributed by atoms with Gasteiger partial charge in [0.05, 0.1) is 12.3 Å². The van der Waals surface area contributed by atoms with Gasteiger partial charge in [0.2, 0.25) is 0 Å². The topological polar surface area (TPSA) is 28.4 Å². The fourth-order valence-electron chi connectivity index (χ4n) is 2.86. The van der Waals surface area contributed by atoms with E-state index in [9.17, 15) is 0 Å². The highest BCUT2D eigenvalue weighted by molar-refractivity contribution is 5.21. The third-order valence-electron chi connectivity index (χ3n) is 3.92. The lowest BCUT2D eigenvalue weighted by Gasteiger charge is -2.39. The van der Waals surface area contributed by atoms with Crippen molar-refractivity contribution in [1.29, 1.82) is 0 Å². The van der Waals surface area contributed by atoms with Crippen molar-refractivity contribution in [1.82, 2.24) is 10.2 Å². The Morgan fingerprint density at radius 3 is 2.79 bits per heavy atom. The molecule has 0 aliphatic carbocycles. The number of hydrogen-bond donors (Lipinski definition) is 1. The number of benzene rings is 1. The zero-order valence-corrected chi connectivity index (χ0v) is 11.3. The maximum absolute atomic E-state index is 5.57. The van der Waals surface area contributed by atoms with E-state index in [0.717, 1.165) is 25.4 Å². The van der Waals surface area contributed by atoms with E-state index in [1.165, 1.54) is 5.56 Å². The quantitative estimate of drug-likeness (QED) is 0.915. The van der Waals surface area contributed by atoms with Gasteiger partial charge < -0.3 is 9.73 Å². The van der Waals surface area contributed by atoms with Gasteiger partial charge in [0.25, 0.3) is 0 Å². The molecular weight excluding hydrogens is 236 g/mol. The Hall–Kier alpha value is -1.58. The van der Waals surface area contributed by atoms with Crippen molar-refractivity contribution in [2.45, 2.75) is 19.0 Å². The molecule has 3 nitrogen and oxygen atoms in total. The van der Waals surface area contributed by atoms with Crippen LogP contribution in [0.3, 0.4) is 0 Å². The Morgan fingerprint density at radius 2 is 2.05 bits per heavy atom. The van der Waals surface area contributed by atoms with E-state index in [1.807, 2.05) is 6.07 Å². The van der Waals surface area contributed by atoms with Gasteiger partial charge in [0, 0.05) is 25.7 Å². The van der Waals surface area contributed by atoms with Gasteiger partial charge >= 0.3 is 0 Å². The van der Waals surface area contributed by atoms with Crippen molar-refractivity contribution in [3.05, 3.63) is 60.1 Å². The van der Waals surface area contributed by atoms with Crippen molar-refractivity contribution < 1.29 is 4.42 Å². The third kappa shape index (κ3) is 2.57. The van der Waals surface area contributed by atoms with Gasteiger partial charge in [-0.2, -0.15) is 0 Å². The Bertz CT molecular complexity index is 495. The van der Waals surface area contributed by atoms with E-state index in [4.69, 9.17) is 4.42 Å². The first kappa shape index (κ1) is 12.5. The molecule has 1 aliphatic rings. The Kier molecular flexibility index (Phi) is 3.67. The molecule has 1 aliphatic heterocycles. The van der Waals surface area contributed by atoms with Crippen molar-refractivity contribution >= 4 is 0 Å². The molecule has 1 saturated heterocycles. The molecule has 0 spiro atoms. The Morgan fingerprint density at radius 1 is 1.21 bits per heavy atom. The number of nitrogens with one attached hydrogen (secondary N) is 1. The average Bonchev–Trinajstić information content (AvgIpc) is 3.02. The number of piperazine rings is 1. The Balaban J connectivity index is 1.85. The highest BCUT2D eigenvalue weighted by Crippen LogP contribution is 2.31. The van der Waals surface area contributed by atoms with Gasteiger partial charge in [-0.3, -0.25) is 4.90 Å². The molecule has 0 amide bonds. The van der Waals surface area contributed by atoms with E-state index in [-0.39, 0.29) is 0 Å². The summed E-state index contributed by atoms with van der Waals surface area (Å²) in [6, 6.07) is 15.5. The van der Waals surface area contributed by atoms with E-state index in [0.29, 0.717) is 12.1 Å². The van der Waals surface area contributed by atoms with E-state index in [2.05, 4.69) is 53.5 Å². The third-order valence-corrected chi connectivity index (χ3v) is 3.92. The number of hydrogen-bond acceptors (Lipinski definition) is 3. The summed E-state index contributed by atoms with van der Waals surface area (Å²) in [5.74, 6) is 1.04. The Labute approximate surface area is 114 Å². The van der Waals surface area contributed by atoms with E-state index in [1.54, 1.807) is 6.26 Å². The highest BCUT2D eigenvalue weighted by atomic mass is 16.3. The molecular formula is C16H20N2O. The molecule has 3 heteroatoms. The molecule has 0 saturated carbocycles. The summed E-state index contributed by atoms with van der Waals surface area (Å²) >= 11 is 0. The minimum absolute atomic E-state index is 0.308. The van der Waals surface area contributed by atoms with Gasteiger partial charge in [-0.25, -0.2) is 0 Å². The number of furan rings is 1. The van der Waals surface area contributed by atoms with Crippen LogP contribution in [0.1, 0.15) is 30.3 Å². The molecule has 1 N–H and O–H groups in total. The zero-order chi connectivity index (χ0) is 13.1. The molecule has 2 aromatic rings. The maximum atomic E-state index is 5.57. The van der Waals surface area contributed by atoms with E-state index >= 15 is 0 Å². The van der Waals surface area contributed by atoms with Crippen molar-refractivity contribution in [3.63, 3.8) is 0 Å². The molecule has 100 valence electrons. The summed E-state index contributed by atoms with van der Waals surface area (Å²) in [7, 11) is 0. The summed E-state index contributed by atoms with van der Waals surface area (Å²) in [5, 5.41) is 3.49. The number of rotatable bonds is 3. The van der Waals surface area contributed by atoms with Gasteiger partial charge in [-0.1, -0.05) is 30.3 Å². The summed E-state index contributed by atoms with van der Waals surface area (Å²) in [6.07, 6.45) is 1.76. The fourth-order valence-corrected chi connectivity index (χ4v) is 2.86. The van der Waals surface area contributed by atoms with Crippen LogP contribution in [0, 0.1) is 0 Å². The smallest absolute Gasteiger partial charge is 0.120 e. The molecule has 1 aromatic heterocycles. The lowest BCUT2D eigenvalue weighted by molar-refractivity contribution is 0.102. The zero-order valence-electron chi connectivity index (χ0n) is 11.3. The molecule has 1 aromatic carbocycles. The highest BCUT2D eigenvalue weighted by Gasteiger charge is 2.29. The molecule has 1 fully saturated rings. The van der Waals surface area contributed by atoms with Crippen LogP contribution in [-0.2, 0) is 0 Å². The first-order valence-corrected chi connectivity index (χ1v) is 6.91. The molecule has 2 unspecified atom stereocenters. The number of nitrogens with zero attached hydrogens (tertiary/aromatic N) is 1. The van der Waals surface area contributed by atoms with Crippen molar-refractivity contribution in [2.75, 3.05) is 19.6 Å². The van der Waals surface area contributed by atoms with Crippen LogP contribution in [0.4, 0.5) is 0 Å². The molecule has 19 heavy (non-hydrogen) atoms. The average molecular weight is 256 g/mol. The first-order chi connectivity index (χ1) is 9.36. The van der Waals surface area contributed by atoms with Crippen LogP contribution in [0.25, 0.3) is 0 Å². The van der Waals surface area contributed by atoms with Gasteiger partial charge in [0.1, 0.15) is 5.76 Å². The van der Waals surface area contributed by atoms with Crippen LogP contribution in [0.5, 0.6) is 0 Å². The van der Waals surface area contributed by atoms with Crippen molar-refractivity contribution in [3.8, 4) is 0 Å². The second kappa shape index (κ2) is 5.59. The van der Waals surface area contributed by atoms with Crippen LogP contribution in [0.15, 0.2) is 53.1 Å². The SMILES string of the molecule is CC(c1ccco1)N1CCNCC1c1ccccc1. The van der Waals surface area contributed by atoms with Crippen LogP contribution >= 0.6 is 0 Å². The first-order valence-electron chi connectivity index (χ1n) is 6.91. The normalized spacial score (nSPS) is 22.3. The largest absolute Gasteiger partial charge is 0.468 e. The summed E-state index contributed by atoms with van der Waals surface area (Å²) in [6.45, 7) is 5.30. The van der Waals surface area contributed by atoms with E-state index < -0.39 is 0 Å². The standard InChI is InChI=1S/C16H20N2O/c1-13(16-8-5-11-19-16)18-10-9-17-12-15(18)14-6-3-2-4-7-14/h2-8,11,13,15,17H,9-10,12H2,1H3.